The molecule has 0 spiro atoms. The lowest BCUT2D eigenvalue weighted by Crippen LogP contribution is -2.46. The van der Waals surface area contributed by atoms with Crippen molar-refractivity contribution < 1.29 is 19.2 Å². The van der Waals surface area contributed by atoms with Gasteiger partial charge < -0.3 is 4.74 Å². The molecule has 184 valence electrons. The maximum Gasteiger partial charge on any atom is 0.267 e. The van der Waals surface area contributed by atoms with Crippen LogP contribution in [0.2, 0.25) is 0 Å². The number of anilines is 2. The molecular weight excluding hydrogens is 532 g/mol. The van der Waals surface area contributed by atoms with Gasteiger partial charge in [-0.05, 0) is 59.7 Å². The summed E-state index contributed by atoms with van der Waals surface area (Å²) in [5.41, 5.74) is 1.48. The van der Waals surface area contributed by atoms with E-state index in [4.69, 9.17) is 9.57 Å². The lowest BCUT2D eigenvalue weighted by molar-refractivity contribution is -0.126. The number of hydroxylamine groups is 1. The Kier molecular flexibility index (Phi) is 5.82. The van der Waals surface area contributed by atoms with Gasteiger partial charge in [-0.1, -0.05) is 76.6 Å². The minimum atomic E-state index is -1.32. The van der Waals surface area contributed by atoms with Crippen molar-refractivity contribution in [1.29, 1.82) is 0 Å². The van der Waals surface area contributed by atoms with Gasteiger partial charge in [-0.2, -0.15) is 0 Å². The number of hydrogen-bond donors (Lipinski definition) is 0. The largest absolute Gasteiger partial charge is 0.497 e. The zero-order valence-corrected chi connectivity index (χ0v) is 21.5. The van der Waals surface area contributed by atoms with Gasteiger partial charge in [0.25, 0.3) is 5.91 Å². The molecule has 3 atom stereocenters. The van der Waals surface area contributed by atoms with E-state index in [1.807, 2.05) is 97.1 Å². The summed E-state index contributed by atoms with van der Waals surface area (Å²) in [5, 5.41) is 1.72. The second-order valence-corrected chi connectivity index (χ2v) is 9.93. The second kappa shape index (κ2) is 9.18. The maximum absolute atomic E-state index is 14.7. The van der Waals surface area contributed by atoms with Crippen LogP contribution in [0.4, 0.5) is 11.4 Å². The topological polar surface area (TPSA) is 59.1 Å². The van der Waals surface area contributed by atoms with Crippen LogP contribution in [0.5, 0.6) is 5.75 Å². The molecule has 6 rings (SSSR count). The Morgan fingerprint density at radius 3 is 2.03 bits per heavy atom. The van der Waals surface area contributed by atoms with Crippen molar-refractivity contribution in [3.63, 3.8) is 0 Å². The molecule has 2 saturated heterocycles. The predicted octanol–water partition coefficient (Wildman–Crippen LogP) is 5.83. The smallest absolute Gasteiger partial charge is 0.267 e. The number of fused-ring (bicyclic) bond motifs is 1. The van der Waals surface area contributed by atoms with Gasteiger partial charge in [0.2, 0.25) is 5.91 Å². The third-order valence-electron chi connectivity index (χ3n) is 7.08. The molecule has 2 amide bonds. The lowest BCUT2D eigenvalue weighted by Gasteiger charge is -2.35. The second-order valence-electron chi connectivity index (χ2n) is 9.01. The predicted molar refractivity (Wildman–Crippen MR) is 144 cm³/mol. The first-order valence-corrected chi connectivity index (χ1v) is 12.7. The number of nitrogens with zero attached hydrogens (tertiary/aromatic N) is 2. The van der Waals surface area contributed by atoms with Crippen molar-refractivity contribution in [2.24, 2.45) is 0 Å². The fourth-order valence-corrected chi connectivity index (χ4v) is 5.67. The van der Waals surface area contributed by atoms with E-state index in [0.29, 0.717) is 11.4 Å². The lowest BCUT2D eigenvalue weighted by atomic mass is 9.69. The fraction of sp³-hybridized carbons (Fsp3) is 0.133. The molecule has 2 aliphatic rings. The van der Waals surface area contributed by atoms with Gasteiger partial charge in [-0.3, -0.25) is 14.4 Å². The normalized spacial score (nSPS) is 22.9. The average Bonchev–Trinajstić information content (AvgIpc) is 3.41. The van der Waals surface area contributed by atoms with Gasteiger partial charge in [0.15, 0.2) is 6.10 Å². The Balaban J connectivity index is 1.60. The van der Waals surface area contributed by atoms with Crippen LogP contribution >= 0.6 is 15.9 Å². The quantitative estimate of drug-likeness (QED) is 0.290. The zero-order valence-electron chi connectivity index (χ0n) is 20.0. The van der Waals surface area contributed by atoms with Crippen molar-refractivity contribution in [2.75, 3.05) is 17.1 Å². The van der Waals surface area contributed by atoms with Crippen LogP contribution in [-0.4, -0.2) is 25.0 Å². The number of methoxy groups -OCH3 is 1. The van der Waals surface area contributed by atoms with Crippen molar-refractivity contribution in [3.8, 4) is 5.75 Å². The van der Waals surface area contributed by atoms with E-state index in [2.05, 4.69) is 15.9 Å². The highest BCUT2D eigenvalue weighted by Gasteiger charge is 2.72. The molecule has 6 nitrogen and oxygen atoms in total. The van der Waals surface area contributed by atoms with Crippen molar-refractivity contribution in [1.82, 2.24) is 0 Å². The summed E-state index contributed by atoms with van der Waals surface area (Å²) in [4.78, 5) is 36.4. The molecule has 2 fully saturated rings. The van der Waals surface area contributed by atoms with Crippen molar-refractivity contribution >= 4 is 39.1 Å². The van der Waals surface area contributed by atoms with E-state index in [1.165, 1.54) is 4.90 Å². The number of ether oxygens (including phenoxy) is 1. The van der Waals surface area contributed by atoms with Crippen LogP contribution < -0.4 is 14.7 Å². The Labute approximate surface area is 223 Å². The number of carbonyl (C=O) groups is 2. The molecule has 0 aromatic heterocycles. The van der Waals surface area contributed by atoms with E-state index < -0.39 is 23.5 Å². The average molecular weight is 555 g/mol. The van der Waals surface area contributed by atoms with E-state index in [0.717, 1.165) is 21.3 Å². The molecule has 2 aliphatic heterocycles. The number of para-hydroxylation sites is 1. The van der Waals surface area contributed by atoms with Crippen LogP contribution in [0.25, 0.3) is 0 Å². The van der Waals surface area contributed by atoms with E-state index in [9.17, 15) is 9.59 Å². The van der Waals surface area contributed by atoms with Crippen LogP contribution in [0.15, 0.2) is 114 Å². The molecule has 0 radical (unpaired) electrons. The van der Waals surface area contributed by atoms with Gasteiger partial charge in [0, 0.05) is 4.47 Å². The number of carbonyl (C=O) groups excluding carboxylic acids is 2. The Bertz CT molecular complexity index is 1440. The molecule has 7 heteroatoms. The minimum Gasteiger partial charge on any atom is -0.497 e. The first-order valence-electron chi connectivity index (χ1n) is 11.9. The summed E-state index contributed by atoms with van der Waals surface area (Å²) in [6, 6.07) is 33.1. The van der Waals surface area contributed by atoms with Gasteiger partial charge >= 0.3 is 0 Å². The molecule has 2 heterocycles. The minimum absolute atomic E-state index is 0.324. The highest BCUT2D eigenvalue weighted by Crippen LogP contribution is 2.57. The number of amides is 2. The summed E-state index contributed by atoms with van der Waals surface area (Å²) < 4.78 is 6.24. The van der Waals surface area contributed by atoms with Crippen molar-refractivity contribution in [3.05, 3.63) is 125 Å². The van der Waals surface area contributed by atoms with Crippen LogP contribution in [0.3, 0.4) is 0 Å². The van der Waals surface area contributed by atoms with Crippen LogP contribution in [0, 0.1) is 0 Å². The molecule has 3 unspecified atom stereocenters. The number of halogens is 1. The van der Waals surface area contributed by atoms with Gasteiger partial charge in [-0.15, -0.1) is 0 Å². The fourth-order valence-electron chi connectivity index (χ4n) is 5.41. The number of rotatable bonds is 5. The molecule has 0 N–H and O–H groups in total. The number of benzene rings is 4. The molecule has 0 bridgehead atoms. The standard InChI is InChI=1S/C30H23BrN2O4/c1-36-25-18-12-20(13-19-25)26-30(21-8-4-2-5-9-21)27(37-33(26)24-10-6-3-7-11-24)28(34)32(29(30)35)23-16-14-22(31)15-17-23/h2-19,26-27H,1H3. The van der Waals surface area contributed by atoms with Crippen LogP contribution in [0.1, 0.15) is 17.2 Å². The zero-order chi connectivity index (χ0) is 25.6. The van der Waals surface area contributed by atoms with Gasteiger partial charge in [0.05, 0.1) is 18.5 Å². The van der Waals surface area contributed by atoms with E-state index in [1.54, 1.807) is 24.3 Å². The highest BCUT2D eigenvalue weighted by molar-refractivity contribution is 9.10. The SMILES string of the molecule is COc1ccc(C2N(c3ccccc3)OC3C(=O)N(c4ccc(Br)cc4)C(=O)C32c2ccccc2)cc1. The molecule has 0 aliphatic carbocycles. The Hall–Kier alpha value is -3.94. The summed E-state index contributed by atoms with van der Waals surface area (Å²) in [6.07, 6.45) is -1.06. The molecule has 4 aromatic carbocycles. The van der Waals surface area contributed by atoms with E-state index in [-0.39, 0.29) is 5.91 Å². The van der Waals surface area contributed by atoms with Gasteiger partial charge in [0.1, 0.15) is 17.2 Å². The summed E-state index contributed by atoms with van der Waals surface area (Å²) in [7, 11) is 1.61. The number of imide groups is 1. The first-order chi connectivity index (χ1) is 18.1. The first kappa shape index (κ1) is 23.5. The molecule has 4 aromatic rings. The summed E-state index contributed by atoms with van der Waals surface area (Å²) >= 11 is 3.44. The Morgan fingerprint density at radius 2 is 1.41 bits per heavy atom. The van der Waals surface area contributed by atoms with E-state index >= 15 is 0 Å². The molecular formula is C30H23BrN2O4. The van der Waals surface area contributed by atoms with Crippen LogP contribution in [-0.2, 0) is 19.8 Å². The highest BCUT2D eigenvalue weighted by atomic mass is 79.9. The molecule has 0 saturated carbocycles. The van der Waals surface area contributed by atoms with Gasteiger partial charge in [-0.25, -0.2) is 9.96 Å². The molecule has 37 heavy (non-hydrogen) atoms. The maximum atomic E-state index is 14.7. The Morgan fingerprint density at radius 1 is 0.784 bits per heavy atom. The summed E-state index contributed by atoms with van der Waals surface area (Å²) in [6.45, 7) is 0. The third kappa shape index (κ3) is 3.57. The number of hydrogen-bond acceptors (Lipinski definition) is 5. The summed E-state index contributed by atoms with van der Waals surface area (Å²) in [5.74, 6) is -0.0204. The van der Waals surface area contributed by atoms with Crippen molar-refractivity contribution in [2.45, 2.75) is 17.6 Å². The monoisotopic (exact) mass is 554 g/mol. The third-order valence-corrected chi connectivity index (χ3v) is 7.61.